The van der Waals surface area contributed by atoms with Crippen LogP contribution in [0.25, 0.3) is 0 Å². The van der Waals surface area contributed by atoms with E-state index in [0.29, 0.717) is 130 Å². The number of fused-ring (bicyclic) bond motifs is 1. The smallest absolute Gasteiger partial charge is 0.317 e. The number of carbonyl (C=O) groups is 9. The zero-order chi connectivity index (χ0) is 63.5. The Hall–Kier alpha value is -6.45. The highest BCUT2D eigenvalue weighted by Gasteiger charge is 2.50. The molecule has 0 aromatic heterocycles. The molecule has 0 radical (unpaired) electrons. The summed E-state index contributed by atoms with van der Waals surface area (Å²) in [7, 11) is 0. The Bertz CT molecular complexity index is 2820. The van der Waals surface area contributed by atoms with E-state index in [1.807, 2.05) is 52.3 Å². The number of aliphatic carboxylic acids is 2. The average molecular weight is 1340 g/mol. The molecule has 7 amide bonds. The van der Waals surface area contributed by atoms with Gasteiger partial charge in [-0.05, 0) is 128 Å². The molecule has 1 unspecified atom stereocenters. The van der Waals surface area contributed by atoms with Crippen molar-refractivity contribution in [2.24, 2.45) is 11.8 Å². The summed E-state index contributed by atoms with van der Waals surface area (Å²) in [6, 6.07) is 12.4. The molecular formula is C61H85F2IN12O12. The number of hydrogen-bond acceptors (Lipinski definition) is 15. The zero-order valence-electron chi connectivity index (χ0n) is 50.2. The number of rotatable bonds is 26. The van der Waals surface area contributed by atoms with E-state index in [-0.39, 0.29) is 88.0 Å². The van der Waals surface area contributed by atoms with Crippen LogP contribution in [-0.2, 0) is 69.1 Å². The van der Waals surface area contributed by atoms with Gasteiger partial charge in [-0.1, -0.05) is 30.3 Å². The number of piperidine rings is 1. The first-order valence-corrected chi connectivity index (χ1v) is 31.7. The Kier molecular flexibility index (Phi) is 26.2. The lowest BCUT2D eigenvalue weighted by Gasteiger charge is -2.35. The van der Waals surface area contributed by atoms with Crippen molar-refractivity contribution in [3.8, 4) is 6.07 Å². The Morgan fingerprint density at radius 2 is 1.42 bits per heavy atom. The van der Waals surface area contributed by atoms with Crippen LogP contribution in [0.5, 0.6) is 0 Å². The van der Waals surface area contributed by atoms with E-state index in [0.717, 1.165) is 30.7 Å². The fourth-order valence-electron chi connectivity index (χ4n) is 12.4. The Labute approximate surface area is 526 Å². The van der Waals surface area contributed by atoms with Crippen molar-refractivity contribution >= 4 is 75.9 Å². The lowest BCUT2D eigenvalue weighted by molar-refractivity contribution is -0.140. The number of nitrogens with one attached hydrogen (secondary N) is 4. The topological polar surface area (TPSA) is 309 Å². The molecule has 4 saturated heterocycles. The van der Waals surface area contributed by atoms with Crippen LogP contribution >= 0.6 is 22.6 Å². The molecule has 0 saturated carbocycles. The number of amides is 7. The number of nitriles is 1. The number of alkyl halides is 2. The summed E-state index contributed by atoms with van der Waals surface area (Å²) in [5, 5.41) is 49.9. The van der Waals surface area contributed by atoms with Crippen molar-refractivity contribution < 1.29 is 67.3 Å². The molecule has 27 heteroatoms. The van der Waals surface area contributed by atoms with Gasteiger partial charge in [-0.2, -0.15) is 5.26 Å². The minimum absolute atomic E-state index is 0.0145. The summed E-state index contributed by atoms with van der Waals surface area (Å²) in [6.07, 6.45) is 3.09. The fourth-order valence-corrected chi connectivity index (χ4v) is 12.7. The van der Waals surface area contributed by atoms with Crippen LogP contribution in [0, 0.1) is 26.7 Å². The summed E-state index contributed by atoms with van der Waals surface area (Å²) in [6.45, 7) is 5.16. The first-order chi connectivity index (χ1) is 42.0. The molecule has 5 heterocycles. The molecular weight excluding hydrogens is 1260 g/mol. The lowest BCUT2D eigenvalue weighted by Crippen LogP contribution is -2.52. The van der Waals surface area contributed by atoms with Crippen molar-refractivity contribution in [2.75, 3.05) is 111 Å². The summed E-state index contributed by atoms with van der Waals surface area (Å²) in [5.41, 5.74) is 4.16. The Balaban J connectivity index is 0.903. The van der Waals surface area contributed by atoms with Crippen LogP contribution in [0.1, 0.15) is 93.4 Å². The summed E-state index contributed by atoms with van der Waals surface area (Å²) >= 11 is 2.23. The van der Waals surface area contributed by atoms with E-state index in [4.69, 9.17) is 0 Å². The van der Waals surface area contributed by atoms with E-state index >= 15 is 0 Å². The number of aliphatic hydroxyl groups excluding tert-OH is 1. The van der Waals surface area contributed by atoms with Crippen molar-refractivity contribution in [2.45, 2.75) is 127 Å². The van der Waals surface area contributed by atoms with Crippen molar-refractivity contribution in [1.29, 1.82) is 5.26 Å². The van der Waals surface area contributed by atoms with Crippen molar-refractivity contribution in [1.82, 2.24) is 55.6 Å². The molecule has 24 nitrogen and oxygen atoms in total. The standard InChI is InChI=1S/C61H85F2IN12O12/c1-41(77)34-70-20-22-71(23-25-73(39-57(84)85)27-26-72(24-21-70)38-56(82)83)37-54(80)66-17-3-2-9-50(68-53(79)33-67-52(78)10-4-6-42-11-13-47(64)14-12-42)59(87)74-18-15-43(16-19-74)28-44-7-5-8-45-35-75(36-49(44)45)55(81)30-46-29-51(69-58(46)86)60(88)76-40-61(62,63)31-48(76)32-65/h5,7-8,11-14,41,43,46,48,50-51,77H,2-4,6,9-10,15-31,33-40H2,1H3,(H,66,80)(H,67,78)(H,68,79)(H,69,86)(H,82,83)(H,84,85)/t41?,46-,48-,50-,51-/m0/s1. The van der Waals surface area contributed by atoms with E-state index in [1.165, 1.54) is 0 Å². The molecule has 2 aromatic carbocycles. The second kappa shape index (κ2) is 33.4. The number of aliphatic hydroxyl groups is 1. The Morgan fingerprint density at radius 3 is 2.05 bits per heavy atom. The second-order valence-corrected chi connectivity index (χ2v) is 25.4. The van der Waals surface area contributed by atoms with Crippen LogP contribution in [-0.4, -0.2) is 244 Å². The van der Waals surface area contributed by atoms with E-state index in [9.17, 15) is 72.5 Å². The van der Waals surface area contributed by atoms with Gasteiger partial charge in [0, 0.05) is 120 Å². The zero-order valence-corrected chi connectivity index (χ0v) is 52.3. The number of β-amino-alcohol motifs (C(OH)–C–C–N with tert-alkyl or cyclic N) is 1. The quantitative estimate of drug-likeness (QED) is 0.0515. The molecule has 0 spiro atoms. The number of benzene rings is 2. The van der Waals surface area contributed by atoms with Gasteiger partial charge >= 0.3 is 11.9 Å². The third kappa shape index (κ3) is 21.7. The predicted octanol–water partition coefficient (Wildman–Crippen LogP) is 1.25. The highest BCUT2D eigenvalue weighted by molar-refractivity contribution is 14.1. The van der Waals surface area contributed by atoms with Gasteiger partial charge in [-0.3, -0.25) is 62.8 Å². The number of likely N-dealkylation sites (tertiary alicyclic amines) is 2. The van der Waals surface area contributed by atoms with E-state index < -0.39 is 78.7 Å². The van der Waals surface area contributed by atoms with Gasteiger partial charge in [-0.25, -0.2) is 8.78 Å². The molecule has 5 atom stereocenters. The summed E-state index contributed by atoms with van der Waals surface area (Å²) in [4.78, 5) is 129. The van der Waals surface area contributed by atoms with Crippen LogP contribution in [0.2, 0.25) is 0 Å². The van der Waals surface area contributed by atoms with Crippen molar-refractivity contribution in [3.63, 3.8) is 0 Å². The number of aryl methyl sites for hydroxylation is 1. The number of hydrogen-bond donors (Lipinski definition) is 7. The Morgan fingerprint density at radius 1 is 0.784 bits per heavy atom. The highest BCUT2D eigenvalue weighted by Crippen LogP contribution is 2.35. The van der Waals surface area contributed by atoms with E-state index in [2.05, 4.69) is 43.9 Å². The molecule has 4 fully saturated rings. The average Bonchev–Trinajstić information content (AvgIpc) is 2.16. The second-order valence-electron chi connectivity index (χ2n) is 24.1. The number of halogens is 3. The largest absolute Gasteiger partial charge is 0.480 e. The third-order valence-electron chi connectivity index (χ3n) is 17.1. The van der Waals surface area contributed by atoms with Gasteiger partial charge in [0.15, 0.2) is 0 Å². The number of unbranched alkanes of at least 4 members (excludes halogenated alkanes) is 1. The van der Waals surface area contributed by atoms with Gasteiger partial charge in [0.05, 0.1) is 44.9 Å². The molecule has 5 aliphatic rings. The molecule has 0 aliphatic carbocycles. The SMILES string of the molecule is CC(O)CN1CCN(CC(=O)O)CCN(CC(=O)O)CCN(CC(=O)NCCCC[C@H](NC(=O)CNC(=O)CCCc2ccc(I)cc2)C(=O)N2CCC(Cc3cccc4c3CN(C(=O)C[C@@H]3C[C@@H](C(=O)N5CC(F)(F)C[C@H]5C#N)NC3=O)C4)CC2)CC1. The first-order valence-electron chi connectivity index (χ1n) is 30.6. The van der Waals surface area contributed by atoms with Gasteiger partial charge in [0.25, 0.3) is 5.92 Å². The van der Waals surface area contributed by atoms with Gasteiger partial charge in [-0.15, -0.1) is 0 Å². The molecule has 88 heavy (non-hydrogen) atoms. The number of carbonyl (C=O) groups excluding carboxylic acids is 7. The minimum atomic E-state index is -3.21. The number of carboxylic acids is 2. The van der Waals surface area contributed by atoms with Crippen molar-refractivity contribution in [3.05, 3.63) is 68.3 Å². The molecule has 7 rings (SSSR count). The normalized spacial score (nSPS) is 21.5. The molecule has 5 aliphatic heterocycles. The maximum atomic E-state index is 14.4. The van der Waals surface area contributed by atoms with Gasteiger partial charge in [0.2, 0.25) is 41.4 Å². The van der Waals surface area contributed by atoms with Gasteiger partial charge < -0.3 is 51.3 Å². The van der Waals surface area contributed by atoms with Crippen LogP contribution < -0.4 is 21.3 Å². The lowest BCUT2D eigenvalue weighted by atomic mass is 9.87. The predicted molar refractivity (Wildman–Crippen MR) is 326 cm³/mol. The monoisotopic (exact) mass is 1340 g/mol. The molecule has 0 bridgehead atoms. The van der Waals surface area contributed by atoms with E-state index in [1.54, 1.807) is 32.6 Å². The maximum absolute atomic E-state index is 14.4. The molecule has 482 valence electrons. The summed E-state index contributed by atoms with van der Waals surface area (Å²) in [5.74, 6) is -8.74. The van der Waals surface area contributed by atoms with Crippen LogP contribution in [0.3, 0.4) is 0 Å². The first kappa shape index (κ1) is 69.0. The minimum Gasteiger partial charge on any atom is -0.480 e. The molecule has 7 N–H and O–H groups in total. The van der Waals surface area contributed by atoms with Crippen LogP contribution in [0.15, 0.2) is 42.5 Å². The highest BCUT2D eigenvalue weighted by atomic mass is 127. The van der Waals surface area contributed by atoms with Crippen LogP contribution in [0.4, 0.5) is 8.78 Å². The third-order valence-corrected chi connectivity index (χ3v) is 17.9. The van der Waals surface area contributed by atoms with Gasteiger partial charge in [0.1, 0.15) is 18.1 Å². The number of carboxylic acid groups (broad SMARTS) is 2. The summed E-state index contributed by atoms with van der Waals surface area (Å²) < 4.78 is 29.3. The fraction of sp³-hybridized carbons (Fsp3) is 0.639. The molecule has 2 aromatic rings. The number of nitrogens with zero attached hydrogens (tertiary/aromatic N) is 8. The maximum Gasteiger partial charge on any atom is 0.317 e.